The Kier molecular flexibility index (Phi) is 3.37. The summed E-state index contributed by atoms with van der Waals surface area (Å²) in [6.45, 7) is 2.46. The molecule has 0 aliphatic carbocycles. The number of anilines is 2. The molecule has 1 amide bonds. The van der Waals surface area contributed by atoms with E-state index in [4.69, 9.17) is 0 Å². The smallest absolute Gasteiger partial charge is 0.224 e. The van der Waals surface area contributed by atoms with Crippen molar-refractivity contribution < 1.29 is 9.18 Å². The fourth-order valence-electron chi connectivity index (χ4n) is 2.44. The van der Waals surface area contributed by atoms with Crippen molar-refractivity contribution in [2.24, 2.45) is 7.05 Å². The number of hydrogen-bond donors (Lipinski definition) is 2. The minimum atomic E-state index is -0.300. The van der Waals surface area contributed by atoms with E-state index >= 15 is 0 Å². The molecule has 1 aliphatic heterocycles. The van der Waals surface area contributed by atoms with Crippen LogP contribution in [0.15, 0.2) is 18.3 Å². The average molecular weight is 288 g/mol. The molecule has 0 saturated heterocycles. The maximum absolute atomic E-state index is 14.1. The molecule has 0 radical (unpaired) electrons. The number of rotatable bonds is 3. The molecule has 1 aliphatic rings. The lowest BCUT2D eigenvalue weighted by Crippen LogP contribution is -2.19. The number of nitrogens with zero attached hydrogens (tertiary/aromatic N) is 2. The van der Waals surface area contributed by atoms with Gasteiger partial charge in [0.1, 0.15) is 5.82 Å². The van der Waals surface area contributed by atoms with E-state index in [9.17, 15) is 9.18 Å². The molecule has 5 nitrogen and oxygen atoms in total. The number of nitrogens with one attached hydrogen (secondary N) is 2. The van der Waals surface area contributed by atoms with Crippen molar-refractivity contribution in [3.05, 3.63) is 41.0 Å². The minimum absolute atomic E-state index is 0.0249. The van der Waals surface area contributed by atoms with Crippen molar-refractivity contribution in [1.82, 2.24) is 9.78 Å². The zero-order chi connectivity index (χ0) is 15.0. The van der Waals surface area contributed by atoms with Gasteiger partial charge in [0.15, 0.2) is 0 Å². The van der Waals surface area contributed by atoms with E-state index in [2.05, 4.69) is 15.7 Å². The molecule has 21 heavy (non-hydrogen) atoms. The maximum atomic E-state index is 14.1. The molecule has 0 spiro atoms. The Bertz CT molecular complexity index is 708. The quantitative estimate of drug-likeness (QED) is 0.911. The van der Waals surface area contributed by atoms with Gasteiger partial charge in [-0.1, -0.05) is 0 Å². The summed E-state index contributed by atoms with van der Waals surface area (Å²) in [5.74, 6) is -0.324. The normalized spacial score (nSPS) is 13.8. The van der Waals surface area contributed by atoms with Crippen LogP contribution in [0.3, 0.4) is 0 Å². The molecule has 2 heterocycles. The second kappa shape index (κ2) is 5.20. The molecule has 1 aromatic carbocycles. The van der Waals surface area contributed by atoms with Gasteiger partial charge in [0, 0.05) is 37.0 Å². The van der Waals surface area contributed by atoms with Gasteiger partial charge in [-0.2, -0.15) is 5.10 Å². The number of halogens is 1. The molecule has 1 aromatic heterocycles. The van der Waals surface area contributed by atoms with Gasteiger partial charge >= 0.3 is 0 Å². The van der Waals surface area contributed by atoms with Crippen LogP contribution in [0.2, 0.25) is 0 Å². The van der Waals surface area contributed by atoms with E-state index in [1.807, 2.05) is 14.0 Å². The topological polar surface area (TPSA) is 59.0 Å². The molecule has 6 heteroatoms. The molecule has 0 atom stereocenters. The van der Waals surface area contributed by atoms with Gasteiger partial charge in [-0.3, -0.25) is 9.48 Å². The summed E-state index contributed by atoms with van der Waals surface area (Å²) in [4.78, 5) is 11.4. The van der Waals surface area contributed by atoms with Gasteiger partial charge in [0.25, 0.3) is 0 Å². The summed E-state index contributed by atoms with van der Waals surface area (Å²) in [6.07, 6.45) is 2.76. The van der Waals surface area contributed by atoms with Crippen LogP contribution in [0.1, 0.15) is 23.2 Å². The molecule has 110 valence electrons. The summed E-state index contributed by atoms with van der Waals surface area (Å²) >= 11 is 0. The number of fused-ring (bicyclic) bond motifs is 1. The third kappa shape index (κ3) is 2.61. The van der Waals surface area contributed by atoms with E-state index in [1.165, 1.54) is 6.07 Å². The second-order valence-corrected chi connectivity index (χ2v) is 5.27. The van der Waals surface area contributed by atoms with Gasteiger partial charge < -0.3 is 10.6 Å². The highest BCUT2D eigenvalue weighted by molar-refractivity contribution is 5.94. The highest BCUT2D eigenvalue weighted by Gasteiger charge is 2.17. The minimum Gasteiger partial charge on any atom is -0.378 e. The summed E-state index contributed by atoms with van der Waals surface area (Å²) in [6, 6.07) is 3.15. The van der Waals surface area contributed by atoms with Crippen molar-refractivity contribution in [1.29, 1.82) is 0 Å². The van der Waals surface area contributed by atoms with E-state index < -0.39 is 0 Å². The van der Waals surface area contributed by atoms with E-state index in [0.717, 1.165) is 16.8 Å². The van der Waals surface area contributed by atoms with Gasteiger partial charge in [-0.15, -0.1) is 0 Å². The zero-order valence-electron chi connectivity index (χ0n) is 12.0. The van der Waals surface area contributed by atoms with Crippen molar-refractivity contribution in [3.63, 3.8) is 0 Å². The number of benzene rings is 1. The first-order chi connectivity index (χ1) is 10.0. The first kappa shape index (κ1) is 13.6. The largest absolute Gasteiger partial charge is 0.378 e. The van der Waals surface area contributed by atoms with Crippen molar-refractivity contribution >= 4 is 17.3 Å². The van der Waals surface area contributed by atoms with Crippen molar-refractivity contribution in [3.8, 4) is 0 Å². The molecular weight excluding hydrogens is 271 g/mol. The van der Waals surface area contributed by atoms with Crippen LogP contribution in [0.5, 0.6) is 0 Å². The summed E-state index contributed by atoms with van der Waals surface area (Å²) in [5, 5.41) is 10.0. The summed E-state index contributed by atoms with van der Waals surface area (Å²) < 4.78 is 15.9. The lowest BCUT2D eigenvalue weighted by molar-refractivity contribution is -0.116. The predicted molar refractivity (Wildman–Crippen MR) is 78.6 cm³/mol. The Labute approximate surface area is 122 Å². The number of aryl methyl sites for hydroxylation is 2. The first-order valence-electron chi connectivity index (χ1n) is 6.88. The van der Waals surface area contributed by atoms with Crippen LogP contribution in [0.4, 0.5) is 15.8 Å². The van der Waals surface area contributed by atoms with E-state index in [1.54, 1.807) is 16.9 Å². The predicted octanol–water partition coefficient (Wildman–Crippen LogP) is 2.36. The fraction of sp³-hybridized carbons (Fsp3) is 0.333. The lowest BCUT2D eigenvalue weighted by atomic mass is 10.0. The first-order valence-corrected chi connectivity index (χ1v) is 6.88. The Balaban J connectivity index is 1.81. The van der Waals surface area contributed by atoms with E-state index in [-0.39, 0.29) is 11.7 Å². The Morgan fingerprint density at radius 3 is 2.95 bits per heavy atom. The summed E-state index contributed by atoms with van der Waals surface area (Å²) in [5.41, 5.74) is 3.97. The Morgan fingerprint density at radius 2 is 2.24 bits per heavy atom. The third-order valence-electron chi connectivity index (χ3n) is 3.89. The van der Waals surface area contributed by atoms with E-state index in [0.29, 0.717) is 30.8 Å². The fourth-order valence-corrected chi connectivity index (χ4v) is 2.44. The van der Waals surface area contributed by atoms with Crippen LogP contribution in [-0.4, -0.2) is 15.7 Å². The van der Waals surface area contributed by atoms with Gasteiger partial charge in [-0.05, 0) is 31.0 Å². The zero-order valence-corrected chi connectivity index (χ0v) is 12.0. The lowest BCUT2D eigenvalue weighted by Gasteiger charge is -2.18. The third-order valence-corrected chi connectivity index (χ3v) is 3.89. The maximum Gasteiger partial charge on any atom is 0.224 e. The summed E-state index contributed by atoms with van der Waals surface area (Å²) in [7, 11) is 1.87. The highest BCUT2D eigenvalue weighted by Crippen LogP contribution is 2.29. The SMILES string of the molecule is Cc1c(CNc2cc3c(cc2F)CCC(=O)N3)cnn1C. The van der Waals surface area contributed by atoms with Gasteiger partial charge in [0.05, 0.1) is 11.9 Å². The molecule has 0 saturated carbocycles. The molecule has 2 aromatic rings. The van der Waals surface area contributed by atoms with Crippen LogP contribution in [0, 0.1) is 12.7 Å². The Morgan fingerprint density at radius 1 is 1.43 bits per heavy atom. The van der Waals surface area contributed by atoms with Crippen molar-refractivity contribution in [2.75, 3.05) is 10.6 Å². The molecule has 0 fully saturated rings. The molecular formula is C15H17FN4O. The molecule has 3 rings (SSSR count). The monoisotopic (exact) mass is 288 g/mol. The van der Waals surface area contributed by atoms with Crippen LogP contribution >= 0.6 is 0 Å². The number of hydrogen-bond acceptors (Lipinski definition) is 3. The second-order valence-electron chi connectivity index (χ2n) is 5.27. The number of amides is 1. The molecule has 0 unspecified atom stereocenters. The highest BCUT2D eigenvalue weighted by atomic mass is 19.1. The van der Waals surface area contributed by atoms with Crippen LogP contribution in [-0.2, 0) is 24.8 Å². The number of carbonyl (C=O) groups excluding carboxylic acids is 1. The van der Waals surface area contributed by atoms with Crippen LogP contribution in [0.25, 0.3) is 0 Å². The number of aromatic nitrogens is 2. The van der Waals surface area contributed by atoms with Crippen molar-refractivity contribution in [2.45, 2.75) is 26.3 Å². The van der Waals surface area contributed by atoms with Gasteiger partial charge in [-0.25, -0.2) is 4.39 Å². The average Bonchev–Trinajstić information content (AvgIpc) is 2.77. The Hall–Kier alpha value is -2.37. The van der Waals surface area contributed by atoms with Crippen LogP contribution < -0.4 is 10.6 Å². The standard InChI is InChI=1S/C15H17FN4O/c1-9-11(8-18-20(9)2)7-17-14-6-13-10(5-12(14)16)3-4-15(21)19-13/h5-6,8,17H,3-4,7H2,1-2H3,(H,19,21). The number of carbonyl (C=O) groups is 1. The van der Waals surface area contributed by atoms with Gasteiger partial charge in [0.2, 0.25) is 5.91 Å². The molecule has 2 N–H and O–H groups in total. The molecule has 0 bridgehead atoms.